The lowest BCUT2D eigenvalue weighted by molar-refractivity contribution is 0.148. The van der Waals surface area contributed by atoms with Crippen molar-refractivity contribution < 1.29 is 4.74 Å². The third-order valence-corrected chi connectivity index (χ3v) is 3.41. The minimum atomic E-state index is 0.257. The van der Waals surface area contributed by atoms with E-state index in [4.69, 9.17) is 4.74 Å². The first-order valence-corrected chi connectivity index (χ1v) is 6.38. The van der Waals surface area contributed by atoms with Crippen LogP contribution in [0, 0.1) is 5.41 Å². The largest absolute Gasteiger partial charge is 0.381 e. The second kappa shape index (κ2) is 5.19. The Hall–Kier alpha value is -0.870. The fraction of sp³-hybridized carbons (Fsp3) is 0.769. The van der Waals surface area contributed by atoms with Crippen LogP contribution in [-0.4, -0.2) is 35.6 Å². The van der Waals surface area contributed by atoms with E-state index in [1.165, 1.54) is 5.56 Å². The van der Waals surface area contributed by atoms with Crippen molar-refractivity contribution in [2.24, 2.45) is 12.5 Å². The molecule has 1 saturated heterocycles. The minimum Gasteiger partial charge on any atom is -0.381 e. The lowest BCUT2D eigenvalue weighted by Gasteiger charge is -2.28. The van der Waals surface area contributed by atoms with Crippen LogP contribution in [0.25, 0.3) is 0 Å². The standard InChI is InChI=1S/C13H23N3O/c1-11(2)14-9-13(4-5-17-10-13)6-12-7-15-16(3)8-12/h7-8,11,14H,4-6,9-10H2,1-3H3. The lowest BCUT2D eigenvalue weighted by atomic mass is 9.81. The Kier molecular flexibility index (Phi) is 3.84. The van der Waals surface area contributed by atoms with Gasteiger partial charge in [0.25, 0.3) is 0 Å². The Labute approximate surface area is 103 Å². The van der Waals surface area contributed by atoms with E-state index in [1.54, 1.807) is 0 Å². The number of hydrogen-bond acceptors (Lipinski definition) is 3. The van der Waals surface area contributed by atoms with Gasteiger partial charge in [0.1, 0.15) is 0 Å². The molecule has 1 unspecified atom stereocenters. The van der Waals surface area contributed by atoms with Gasteiger partial charge in [0.15, 0.2) is 0 Å². The van der Waals surface area contributed by atoms with E-state index < -0.39 is 0 Å². The second-order valence-corrected chi connectivity index (χ2v) is 5.54. The SMILES string of the molecule is CC(C)NCC1(Cc2cnn(C)c2)CCOC1. The van der Waals surface area contributed by atoms with Gasteiger partial charge in [-0.2, -0.15) is 5.10 Å². The monoisotopic (exact) mass is 237 g/mol. The highest BCUT2D eigenvalue weighted by atomic mass is 16.5. The molecule has 0 bridgehead atoms. The molecule has 0 amide bonds. The molecule has 4 heteroatoms. The van der Waals surface area contributed by atoms with Crippen molar-refractivity contribution in [3.63, 3.8) is 0 Å². The Bertz CT molecular complexity index is 353. The summed E-state index contributed by atoms with van der Waals surface area (Å²) in [6.45, 7) is 7.16. The summed E-state index contributed by atoms with van der Waals surface area (Å²) in [6, 6.07) is 0.529. The molecule has 1 aromatic heterocycles. The van der Waals surface area contributed by atoms with Gasteiger partial charge < -0.3 is 10.1 Å². The van der Waals surface area contributed by atoms with E-state index in [-0.39, 0.29) is 5.41 Å². The molecule has 1 atom stereocenters. The number of hydrogen-bond donors (Lipinski definition) is 1. The van der Waals surface area contributed by atoms with Crippen LogP contribution in [0.4, 0.5) is 0 Å². The molecule has 0 aliphatic carbocycles. The quantitative estimate of drug-likeness (QED) is 0.840. The van der Waals surface area contributed by atoms with Gasteiger partial charge in [-0.1, -0.05) is 13.8 Å². The Morgan fingerprint density at radius 1 is 1.59 bits per heavy atom. The summed E-state index contributed by atoms with van der Waals surface area (Å²) in [5.41, 5.74) is 1.57. The van der Waals surface area contributed by atoms with Crippen molar-refractivity contribution in [2.75, 3.05) is 19.8 Å². The van der Waals surface area contributed by atoms with Crippen LogP contribution >= 0.6 is 0 Å². The fourth-order valence-electron chi connectivity index (χ4n) is 2.41. The molecule has 1 aromatic rings. The van der Waals surface area contributed by atoms with E-state index >= 15 is 0 Å². The van der Waals surface area contributed by atoms with Gasteiger partial charge >= 0.3 is 0 Å². The van der Waals surface area contributed by atoms with Crippen molar-refractivity contribution >= 4 is 0 Å². The van der Waals surface area contributed by atoms with Crippen molar-refractivity contribution in [1.29, 1.82) is 0 Å². The minimum absolute atomic E-state index is 0.257. The number of aromatic nitrogens is 2. The zero-order valence-electron chi connectivity index (χ0n) is 11.1. The predicted octanol–water partition coefficient (Wildman–Crippen LogP) is 1.37. The summed E-state index contributed by atoms with van der Waals surface area (Å²) in [5.74, 6) is 0. The molecule has 0 radical (unpaired) electrons. The van der Waals surface area contributed by atoms with Gasteiger partial charge in [-0.25, -0.2) is 0 Å². The first kappa shape index (κ1) is 12.6. The van der Waals surface area contributed by atoms with Crippen LogP contribution in [0.3, 0.4) is 0 Å². The zero-order valence-corrected chi connectivity index (χ0v) is 11.1. The Morgan fingerprint density at radius 2 is 2.41 bits per heavy atom. The molecular formula is C13H23N3O. The predicted molar refractivity (Wildman–Crippen MR) is 67.9 cm³/mol. The van der Waals surface area contributed by atoms with E-state index in [0.717, 1.165) is 32.6 Å². The average molecular weight is 237 g/mol. The van der Waals surface area contributed by atoms with E-state index in [2.05, 4.69) is 30.5 Å². The number of nitrogens with zero attached hydrogens (tertiary/aromatic N) is 2. The highest BCUT2D eigenvalue weighted by Gasteiger charge is 2.35. The molecule has 0 saturated carbocycles. The molecule has 1 aliphatic heterocycles. The van der Waals surface area contributed by atoms with Crippen LogP contribution in [0.15, 0.2) is 12.4 Å². The highest BCUT2D eigenvalue weighted by Crippen LogP contribution is 2.32. The van der Waals surface area contributed by atoms with Crippen LogP contribution in [0.1, 0.15) is 25.8 Å². The molecule has 4 nitrogen and oxygen atoms in total. The van der Waals surface area contributed by atoms with E-state index in [9.17, 15) is 0 Å². The van der Waals surface area contributed by atoms with Crippen LogP contribution < -0.4 is 5.32 Å². The van der Waals surface area contributed by atoms with Crippen LogP contribution in [0.5, 0.6) is 0 Å². The molecule has 1 N–H and O–H groups in total. The maximum Gasteiger partial charge on any atom is 0.0538 e. The van der Waals surface area contributed by atoms with Gasteiger partial charge in [-0.3, -0.25) is 4.68 Å². The van der Waals surface area contributed by atoms with Gasteiger partial charge in [-0.15, -0.1) is 0 Å². The lowest BCUT2D eigenvalue weighted by Crippen LogP contribution is -2.39. The van der Waals surface area contributed by atoms with Gasteiger partial charge in [-0.05, 0) is 18.4 Å². The smallest absolute Gasteiger partial charge is 0.0538 e. The number of aryl methyl sites for hydroxylation is 1. The Balaban J connectivity index is 2.01. The van der Waals surface area contributed by atoms with Crippen LogP contribution in [0.2, 0.25) is 0 Å². The maximum atomic E-state index is 5.60. The summed E-state index contributed by atoms with van der Waals surface area (Å²) in [6.07, 6.45) is 6.27. The normalized spacial score (nSPS) is 24.7. The van der Waals surface area contributed by atoms with E-state index in [1.807, 2.05) is 17.9 Å². The summed E-state index contributed by atoms with van der Waals surface area (Å²) in [4.78, 5) is 0. The average Bonchev–Trinajstić information content (AvgIpc) is 2.87. The van der Waals surface area contributed by atoms with Crippen molar-refractivity contribution in [3.05, 3.63) is 18.0 Å². The molecule has 2 heterocycles. The molecule has 17 heavy (non-hydrogen) atoms. The highest BCUT2D eigenvalue weighted by molar-refractivity contribution is 5.09. The first-order chi connectivity index (χ1) is 8.10. The van der Waals surface area contributed by atoms with Crippen LogP contribution in [-0.2, 0) is 18.2 Å². The third-order valence-electron chi connectivity index (χ3n) is 3.41. The van der Waals surface area contributed by atoms with Crippen molar-refractivity contribution in [2.45, 2.75) is 32.7 Å². The van der Waals surface area contributed by atoms with Gasteiger partial charge in [0.2, 0.25) is 0 Å². The summed E-state index contributed by atoms with van der Waals surface area (Å²) in [5, 5.41) is 7.79. The summed E-state index contributed by atoms with van der Waals surface area (Å²) < 4.78 is 7.47. The molecule has 96 valence electrons. The third kappa shape index (κ3) is 3.30. The Morgan fingerprint density at radius 3 is 2.94 bits per heavy atom. The molecular weight excluding hydrogens is 214 g/mol. The molecule has 0 spiro atoms. The van der Waals surface area contributed by atoms with E-state index in [0.29, 0.717) is 6.04 Å². The molecule has 2 rings (SSSR count). The summed E-state index contributed by atoms with van der Waals surface area (Å²) in [7, 11) is 1.97. The zero-order chi connectivity index (χ0) is 12.3. The number of nitrogens with one attached hydrogen (secondary N) is 1. The molecule has 1 fully saturated rings. The number of ether oxygens (including phenoxy) is 1. The first-order valence-electron chi connectivity index (χ1n) is 6.38. The van der Waals surface area contributed by atoms with Crippen molar-refractivity contribution in [3.8, 4) is 0 Å². The topological polar surface area (TPSA) is 39.1 Å². The fourth-order valence-corrected chi connectivity index (χ4v) is 2.41. The van der Waals surface area contributed by atoms with Gasteiger partial charge in [0.05, 0.1) is 12.8 Å². The summed E-state index contributed by atoms with van der Waals surface area (Å²) >= 11 is 0. The second-order valence-electron chi connectivity index (χ2n) is 5.54. The maximum absolute atomic E-state index is 5.60. The molecule has 0 aromatic carbocycles. The van der Waals surface area contributed by atoms with Gasteiger partial charge in [0, 0.05) is 37.9 Å². The number of rotatable bonds is 5. The molecule has 1 aliphatic rings. The van der Waals surface area contributed by atoms with Crippen molar-refractivity contribution in [1.82, 2.24) is 15.1 Å².